The van der Waals surface area contributed by atoms with E-state index in [-0.39, 0.29) is 202 Å². The van der Waals surface area contributed by atoms with E-state index < -0.39 is 113 Å². The van der Waals surface area contributed by atoms with Crippen LogP contribution in [0.2, 0.25) is 0 Å². The van der Waals surface area contributed by atoms with Crippen LogP contribution in [-0.4, -0.2) is 190 Å². The van der Waals surface area contributed by atoms with Crippen LogP contribution in [0, 0.1) is 82.9 Å². The Bertz CT molecular complexity index is 3960. The molecule has 8 heterocycles. The molecule has 1 aliphatic carbocycles. The zero-order chi connectivity index (χ0) is 85.3. The second kappa shape index (κ2) is 40.6. The minimum Gasteiger partial charge on any atom is -0.330 e. The summed E-state index contributed by atoms with van der Waals surface area (Å²) in [6.07, 6.45) is 2.17. The van der Waals surface area contributed by atoms with Gasteiger partial charge in [-0.25, -0.2) is 24.0 Å². The Kier molecular flexibility index (Phi) is 32.1. The minimum atomic E-state index is -1.24. The number of benzene rings is 1. The SMILES string of the molecule is CC(C)CC(=O)Nc1ccc(C(=O)ON2C(=O)CC(C)C2=O)cc1.CC(C)CC(=O)ON1C(=O)CC(C)C1=O.CC1CC(=O)N(OC(=O)C2CCC(CN3C(=O)CC(C(C)C)C3=O)CC2)C1=O.CC1CC(=O)N(OC(=O)CCN2C(=O)CC(C(C)C)C2=O)C1=O.[2H]C1CC(=O)N(OC(=O)CCCN2C(=O)CC(C(C)C)C2=O)C1=O. The number of hydroxylamine groups is 10. The molecule has 8 unspecified atom stereocenters. The number of imide groups is 8. The highest BCUT2D eigenvalue weighted by Crippen LogP contribution is 2.35. The maximum atomic E-state index is 12.4. The van der Waals surface area contributed by atoms with Gasteiger partial charge in [-0.3, -0.25) is 96.2 Å². The largest absolute Gasteiger partial charge is 0.363 e. The van der Waals surface area contributed by atoms with Gasteiger partial charge >= 0.3 is 29.8 Å². The van der Waals surface area contributed by atoms with Gasteiger partial charge in [-0.05, 0) is 91.9 Å². The van der Waals surface area contributed by atoms with E-state index in [1.165, 1.54) is 17.0 Å². The van der Waals surface area contributed by atoms with Crippen LogP contribution in [0.1, 0.15) is 224 Å². The van der Waals surface area contributed by atoms with E-state index in [4.69, 9.17) is 20.7 Å². The summed E-state index contributed by atoms with van der Waals surface area (Å²) in [6.45, 7) is 25.8. The third-order valence-corrected chi connectivity index (χ3v) is 19.9. The zero-order valence-electron chi connectivity index (χ0n) is 67.2. The summed E-state index contributed by atoms with van der Waals surface area (Å²) in [5, 5.41) is 5.23. The lowest BCUT2D eigenvalue weighted by molar-refractivity contribution is -0.202. The summed E-state index contributed by atoms with van der Waals surface area (Å²) in [4.78, 5) is 287. The minimum absolute atomic E-state index is 0.00524. The average Bonchev–Trinajstić information content (AvgIpc) is 1.65. The summed E-state index contributed by atoms with van der Waals surface area (Å²) in [5.74, 6) is -12.8. The van der Waals surface area contributed by atoms with Gasteiger partial charge in [0, 0.05) is 139 Å². The van der Waals surface area contributed by atoms with Gasteiger partial charge in [0.15, 0.2) is 0 Å². The first-order chi connectivity index (χ1) is 53.3. The molecule has 618 valence electrons. The predicted molar refractivity (Wildman–Crippen MR) is 386 cm³/mol. The maximum Gasteiger partial charge on any atom is 0.363 e. The molecule has 9 fully saturated rings. The number of nitrogens with zero attached hydrogens (tertiary/aromatic N) is 8. The number of nitrogens with one attached hydrogen (secondary N) is 1. The van der Waals surface area contributed by atoms with Crippen molar-refractivity contribution in [1.82, 2.24) is 40.0 Å². The molecule has 9 aliphatic rings. The number of hydrogen-bond donors (Lipinski definition) is 1. The lowest BCUT2D eigenvalue weighted by Crippen LogP contribution is -2.39. The van der Waals surface area contributed by atoms with Crippen molar-refractivity contribution in [3.8, 4) is 0 Å². The molecule has 17 amide bonds. The molecule has 36 heteroatoms. The Labute approximate surface area is 654 Å². The smallest absolute Gasteiger partial charge is 0.330 e. The van der Waals surface area contributed by atoms with Crippen molar-refractivity contribution >= 4 is 136 Å². The fourth-order valence-corrected chi connectivity index (χ4v) is 13.1. The van der Waals surface area contributed by atoms with Gasteiger partial charge in [0.05, 0.1) is 24.3 Å². The molecular formula is C77H103N9O27. The number of hydrogen-bond acceptors (Lipinski definition) is 27. The Morgan fingerprint density at radius 3 is 1.18 bits per heavy atom. The number of carbonyl (C=O) groups excluding carboxylic acids is 22. The number of likely N-dealkylation sites (tertiary alicyclic amines) is 3. The van der Waals surface area contributed by atoms with Gasteiger partial charge < -0.3 is 29.5 Å². The second-order valence-electron chi connectivity index (χ2n) is 31.3. The molecule has 1 aromatic carbocycles. The lowest BCUT2D eigenvalue weighted by atomic mass is 9.82. The van der Waals surface area contributed by atoms with E-state index in [1.54, 1.807) is 39.8 Å². The van der Waals surface area contributed by atoms with Crippen LogP contribution in [0.15, 0.2) is 24.3 Å². The lowest BCUT2D eigenvalue weighted by Gasteiger charge is -2.30. The molecule has 1 saturated carbocycles. The quantitative estimate of drug-likeness (QED) is 0.127. The van der Waals surface area contributed by atoms with Crippen LogP contribution in [0.25, 0.3) is 0 Å². The van der Waals surface area contributed by atoms with E-state index >= 15 is 0 Å². The topological polar surface area (TPSA) is 460 Å². The van der Waals surface area contributed by atoms with Gasteiger partial charge in [0.25, 0.3) is 59.1 Å². The van der Waals surface area contributed by atoms with E-state index in [9.17, 15) is 105 Å². The molecule has 10 rings (SSSR count). The standard InChI is InChI=1S/C20H28N2O6.C17H20N2O5.2C15H20N2O6.C10H15NO4/c1-11(2)15-9-16(23)21(19(15)26)10-13-4-6-14(7-5-13)20(27)28-22-17(24)8-12(3)18(22)25;1-10(2)8-14(20)18-13-6-4-12(5-7-13)17(23)24-19-15(21)9-11(3)16(19)22;1-8(2)10-7-11(18)16(15(10)22)5-4-13(20)23-17-12(19)6-9(3)14(17)21;1-9(2)10-8-13(20)16(15(10)22)7-3-4-14(21)23-17-11(18)5-6-12(17)19;1-6(2)4-9(13)15-11-8(12)5-7(3)10(11)14/h11-15H,4-10H2,1-3H3;4-7,10-11H,8-9H2,1-3H3,(H,18,20);8-10H,4-7H2,1-3H3;9-10H,3-8H2,1-2H3;6-7H,4-5H2,1-3H3/i;;;5D;. The third kappa shape index (κ3) is 24.6. The van der Waals surface area contributed by atoms with E-state index in [1.807, 2.05) is 69.2 Å². The molecule has 8 atom stereocenters. The summed E-state index contributed by atoms with van der Waals surface area (Å²) in [5.41, 5.74) is 0.733. The Morgan fingerprint density at radius 1 is 0.407 bits per heavy atom. The molecule has 0 bridgehead atoms. The molecule has 8 aliphatic heterocycles. The fourth-order valence-electron chi connectivity index (χ4n) is 13.1. The van der Waals surface area contributed by atoms with Crippen molar-refractivity contribution in [1.29, 1.82) is 0 Å². The Morgan fingerprint density at radius 2 is 0.788 bits per heavy atom. The molecule has 1 aromatic rings. The second-order valence-corrected chi connectivity index (χ2v) is 31.3. The maximum absolute atomic E-state index is 12.4. The first-order valence-electron chi connectivity index (χ1n) is 38.6. The molecule has 0 aromatic heterocycles. The van der Waals surface area contributed by atoms with Gasteiger partial charge in [-0.1, -0.05) is 96.9 Å². The highest BCUT2D eigenvalue weighted by molar-refractivity contribution is 6.08. The van der Waals surface area contributed by atoms with Crippen molar-refractivity contribution in [2.24, 2.45) is 82.9 Å². The molecule has 8 saturated heterocycles. The molecule has 36 nitrogen and oxygen atoms in total. The summed E-state index contributed by atoms with van der Waals surface area (Å²) in [6, 6.07) is 6.04. The Hall–Kier alpha value is -10.8. The summed E-state index contributed by atoms with van der Waals surface area (Å²) in [7, 11) is 0. The first kappa shape index (κ1) is 89.4. The molecule has 113 heavy (non-hydrogen) atoms. The third-order valence-electron chi connectivity index (χ3n) is 19.9. The molecule has 1 N–H and O–H groups in total. The number of anilines is 1. The van der Waals surface area contributed by atoms with E-state index in [2.05, 4.69) is 10.2 Å². The van der Waals surface area contributed by atoms with E-state index in [0.717, 1.165) is 9.80 Å². The van der Waals surface area contributed by atoms with E-state index in [0.29, 0.717) is 69.7 Å². The molecular weight excluding hydrogens is 1480 g/mol. The van der Waals surface area contributed by atoms with Crippen LogP contribution in [0.5, 0.6) is 0 Å². The van der Waals surface area contributed by atoms with Crippen LogP contribution in [0.4, 0.5) is 5.69 Å². The van der Waals surface area contributed by atoms with Gasteiger partial charge in [-0.15, -0.1) is 25.3 Å². The van der Waals surface area contributed by atoms with Crippen molar-refractivity contribution in [3.63, 3.8) is 0 Å². The zero-order valence-corrected chi connectivity index (χ0v) is 66.2. The van der Waals surface area contributed by atoms with Crippen molar-refractivity contribution in [2.75, 3.05) is 25.0 Å². The van der Waals surface area contributed by atoms with Crippen molar-refractivity contribution in [2.45, 2.75) is 212 Å². The number of rotatable bonds is 24. The summed E-state index contributed by atoms with van der Waals surface area (Å²) < 4.78 is 7.31. The van der Waals surface area contributed by atoms with Crippen LogP contribution < -0.4 is 5.32 Å². The van der Waals surface area contributed by atoms with Crippen LogP contribution in [-0.2, 0) is 125 Å². The van der Waals surface area contributed by atoms with Crippen LogP contribution >= 0.6 is 0 Å². The highest BCUT2D eigenvalue weighted by atomic mass is 16.7. The van der Waals surface area contributed by atoms with Gasteiger partial charge in [0.2, 0.25) is 41.4 Å². The molecule has 0 spiro atoms. The highest BCUT2D eigenvalue weighted by Gasteiger charge is 2.47. The first-order valence-corrected chi connectivity index (χ1v) is 38.1. The van der Waals surface area contributed by atoms with Gasteiger partial charge in [-0.2, -0.15) is 0 Å². The molecule has 0 radical (unpaired) electrons. The number of carbonyl (C=O) groups is 22. The summed E-state index contributed by atoms with van der Waals surface area (Å²) >= 11 is 0. The van der Waals surface area contributed by atoms with Crippen molar-refractivity contribution < 1.29 is 131 Å². The fraction of sp³-hybridized carbons (Fsp3) is 0.636. The normalized spacial score (nSPS) is 24.6. The van der Waals surface area contributed by atoms with Gasteiger partial charge in [0.1, 0.15) is 0 Å². The number of amides is 17. The van der Waals surface area contributed by atoms with Crippen LogP contribution in [0.3, 0.4) is 0 Å². The predicted octanol–water partition coefficient (Wildman–Crippen LogP) is 5.37. The monoisotopic (exact) mass is 1590 g/mol. The average molecular weight is 1590 g/mol. The Balaban J connectivity index is 0.000000224. The van der Waals surface area contributed by atoms with Crippen molar-refractivity contribution in [3.05, 3.63) is 29.8 Å².